The third-order valence-electron chi connectivity index (χ3n) is 2.92. The average molecular weight is 254 g/mol. The van der Waals surface area contributed by atoms with Crippen LogP contribution in [0.15, 0.2) is 37.1 Å². The highest BCUT2D eigenvalue weighted by molar-refractivity contribution is 6.03. The Bertz CT molecular complexity index is 779. The topological polar surface area (TPSA) is 80.9 Å². The van der Waals surface area contributed by atoms with Crippen LogP contribution >= 0.6 is 0 Å². The summed E-state index contributed by atoms with van der Waals surface area (Å²) in [5.74, 6) is -0.984. The number of carbonyl (C=O) groups is 1. The number of nitrogens with zero attached hydrogens (tertiary/aromatic N) is 4. The van der Waals surface area contributed by atoms with Gasteiger partial charge in [-0.1, -0.05) is 0 Å². The van der Waals surface area contributed by atoms with Gasteiger partial charge in [0.25, 0.3) is 0 Å². The summed E-state index contributed by atoms with van der Waals surface area (Å²) in [6.07, 6.45) is 6.41. The third-order valence-corrected chi connectivity index (χ3v) is 2.92. The molecule has 0 radical (unpaired) electrons. The highest BCUT2D eigenvalue weighted by Crippen LogP contribution is 2.23. The summed E-state index contributed by atoms with van der Waals surface area (Å²) >= 11 is 0. The molecule has 3 heterocycles. The molecular formula is C13H10N4O2. The summed E-state index contributed by atoms with van der Waals surface area (Å²) in [6.45, 7) is 0. The minimum Gasteiger partial charge on any atom is -0.478 e. The number of carboxylic acid groups (broad SMARTS) is 1. The SMILES string of the molecule is Cn1cncc1-c1cc(C(=O)O)c2ccncc2n1. The molecule has 0 fully saturated rings. The second-order valence-electron chi connectivity index (χ2n) is 4.14. The van der Waals surface area contributed by atoms with Crippen LogP contribution in [0.4, 0.5) is 0 Å². The van der Waals surface area contributed by atoms with Gasteiger partial charge in [-0.3, -0.25) is 4.98 Å². The third kappa shape index (κ3) is 1.83. The normalized spacial score (nSPS) is 10.8. The molecule has 0 aromatic carbocycles. The van der Waals surface area contributed by atoms with Crippen LogP contribution in [0.1, 0.15) is 10.4 Å². The standard InChI is InChI=1S/C13H10N4O2/c1-17-7-15-6-12(17)10-4-9(13(18)19)8-2-3-14-5-11(8)16-10/h2-7H,1H3,(H,18,19). The van der Waals surface area contributed by atoms with E-state index in [1.54, 1.807) is 41.6 Å². The molecular weight excluding hydrogens is 244 g/mol. The fourth-order valence-electron chi connectivity index (χ4n) is 1.99. The fraction of sp³-hybridized carbons (Fsp3) is 0.0769. The number of hydrogen-bond acceptors (Lipinski definition) is 4. The molecule has 3 aromatic heterocycles. The van der Waals surface area contributed by atoms with E-state index in [1.807, 2.05) is 7.05 Å². The Kier molecular flexibility index (Phi) is 2.49. The van der Waals surface area contributed by atoms with Gasteiger partial charge in [-0.25, -0.2) is 14.8 Å². The number of carboxylic acids is 1. The minimum atomic E-state index is -0.984. The summed E-state index contributed by atoms with van der Waals surface area (Å²) in [7, 11) is 1.83. The maximum absolute atomic E-state index is 11.4. The number of rotatable bonds is 2. The molecule has 0 bridgehead atoms. The first-order chi connectivity index (χ1) is 9.16. The Balaban J connectivity index is 2.34. The van der Waals surface area contributed by atoms with Crippen LogP contribution in [-0.4, -0.2) is 30.6 Å². The molecule has 0 aliphatic heterocycles. The number of fused-ring (bicyclic) bond motifs is 1. The van der Waals surface area contributed by atoms with Gasteiger partial charge < -0.3 is 9.67 Å². The molecule has 0 atom stereocenters. The van der Waals surface area contributed by atoms with Crippen LogP contribution in [0.5, 0.6) is 0 Å². The summed E-state index contributed by atoms with van der Waals surface area (Å²) in [6, 6.07) is 3.21. The maximum atomic E-state index is 11.4. The van der Waals surface area contributed by atoms with E-state index in [9.17, 15) is 9.90 Å². The summed E-state index contributed by atoms with van der Waals surface area (Å²) in [4.78, 5) is 23.8. The van der Waals surface area contributed by atoms with Crippen LogP contribution in [0.3, 0.4) is 0 Å². The second-order valence-corrected chi connectivity index (χ2v) is 4.14. The monoisotopic (exact) mass is 254 g/mol. The molecule has 0 amide bonds. The van der Waals surface area contributed by atoms with Crippen molar-refractivity contribution in [3.05, 3.63) is 42.6 Å². The van der Waals surface area contributed by atoms with Gasteiger partial charge in [-0.2, -0.15) is 0 Å². The van der Waals surface area contributed by atoms with Crippen LogP contribution in [-0.2, 0) is 7.05 Å². The van der Waals surface area contributed by atoms with Gasteiger partial charge >= 0.3 is 5.97 Å². The first-order valence-electron chi connectivity index (χ1n) is 5.61. The molecule has 0 unspecified atom stereocenters. The smallest absolute Gasteiger partial charge is 0.336 e. The van der Waals surface area contributed by atoms with Crippen molar-refractivity contribution in [2.45, 2.75) is 0 Å². The lowest BCUT2D eigenvalue weighted by Crippen LogP contribution is -2.01. The fourth-order valence-corrected chi connectivity index (χ4v) is 1.99. The number of hydrogen-bond donors (Lipinski definition) is 1. The van der Waals surface area contributed by atoms with Gasteiger partial charge in [0.2, 0.25) is 0 Å². The zero-order valence-corrected chi connectivity index (χ0v) is 10.1. The van der Waals surface area contributed by atoms with Crippen molar-refractivity contribution < 1.29 is 9.90 Å². The van der Waals surface area contributed by atoms with Gasteiger partial charge in [0.15, 0.2) is 0 Å². The van der Waals surface area contributed by atoms with Gasteiger partial charge in [0.1, 0.15) is 0 Å². The summed E-state index contributed by atoms with van der Waals surface area (Å²) in [5.41, 5.74) is 2.09. The molecule has 0 aliphatic carbocycles. The molecule has 94 valence electrons. The zero-order valence-electron chi connectivity index (χ0n) is 10.1. The van der Waals surface area contributed by atoms with E-state index in [4.69, 9.17) is 0 Å². The molecule has 19 heavy (non-hydrogen) atoms. The van der Waals surface area contributed by atoms with Crippen molar-refractivity contribution in [3.8, 4) is 11.4 Å². The highest BCUT2D eigenvalue weighted by Gasteiger charge is 2.14. The molecule has 0 saturated carbocycles. The maximum Gasteiger partial charge on any atom is 0.336 e. The van der Waals surface area contributed by atoms with E-state index in [-0.39, 0.29) is 5.56 Å². The Morgan fingerprint density at radius 2 is 2.16 bits per heavy atom. The van der Waals surface area contributed by atoms with E-state index in [0.29, 0.717) is 16.6 Å². The predicted octanol–water partition coefficient (Wildman–Crippen LogP) is 1.73. The molecule has 6 nitrogen and oxygen atoms in total. The van der Waals surface area contributed by atoms with Crippen molar-refractivity contribution >= 4 is 16.9 Å². The highest BCUT2D eigenvalue weighted by atomic mass is 16.4. The van der Waals surface area contributed by atoms with Crippen LogP contribution in [0.2, 0.25) is 0 Å². The Hall–Kier alpha value is -2.76. The number of aromatic carboxylic acids is 1. The van der Waals surface area contributed by atoms with Crippen LogP contribution in [0, 0.1) is 0 Å². The molecule has 3 aromatic rings. The van der Waals surface area contributed by atoms with Crippen molar-refractivity contribution in [2.75, 3.05) is 0 Å². The number of aromatic nitrogens is 4. The number of pyridine rings is 2. The van der Waals surface area contributed by atoms with Gasteiger partial charge in [0.05, 0.1) is 41.2 Å². The van der Waals surface area contributed by atoms with Gasteiger partial charge in [-0.15, -0.1) is 0 Å². The van der Waals surface area contributed by atoms with Gasteiger partial charge in [-0.05, 0) is 12.1 Å². The van der Waals surface area contributed by atoms with E-state index < -0.39 is 5.97 Å². The Morgan fingerprint density at radius 3 is 2.84 bits per heavy atom. The van der Waals surface area contributed by atoms with E-state index >= 15 is 0 Å². The molecule has 0 spiro atoms. The summed E-state index contributed by atoms with van der Waals surface area (Å²) < 4.78 is 1.79. The first kappa shape index (κ1) is 11.3. The van der Waals surface area contributed by atoms with E-state index in [2.05, 4.69) is 15.0 Å². The molecule has 3 rings (SSSR count). The lowest BCUT2D eigenvalue weighted by Gasteiger charge is -2.06. The van der Waals surface area contributed by atoms with Crippen molar-refractivity contribution in [2.24, 2.45) is 7.05 Å². The molecule has 1 N–H and O–H groups in total. The average Bonchev–Trinajstić information content (AvgIpc) is 2.83. The lowest BCUT2D eigenvalue weighted by molar-refractivity contribution is 0.0699. The minimum absolute atomic E-state index is 0.212. The van der Waals surface area contributed by atoms with Crippen LogP contribution < -0.4 is 0 Å². The zero-order chi connectivity index (χ0) is 13.4. The van der Waals surface area contributed by atoms with E-state index in [1.165, 1.54) is 0 Å². The summed E-state index contributed by atoms with van der Waals surface area (Å²) in [5, 5.41) is 9.88. The van der Waals surface area contributed by atoms with Crippen molar-refractivity contribution in [1.29, 1.82) is 0 Å². The molecule has 0 saturated heterocycles. The number of aryl methyl sites for hydroxylation is 1. The quantitative estimate of drug-likeness (QED) is 0.753. The number of imidazole rings is 1. The molecule has 6 heteroatoms. The van der Waals surface area contributed by atoms with Crippen molar-refractivity contribution in [1.82, 2.24) is 19.5 Å². The van der Waals surface area contributed by atoms with Crippen molar-refractivity contribution in [3.63, 3.8) is 0 Å². The Morgan fingerprint density at radius 1 is 1.32 bits per heavy atom. The second kappa shape index (κ2) is 4.16. The first-order valence-corrected chi connectivity index (χ1v) is 5.61. The molecule has 0 aliphatic rings. The lowest BCUT2D eigenvalue weighted by atomic mass is 10.1. The largest absolute Gasteiger partial charge is 0.478 e. The van der Waals surface area contributed by atoms with Crippen LogP contribution in [0.25, 0.3) is 22.3 Å². The Labute approximate surface area is 108 Å². The van der Waals surface area contributed by atoms with Gasteiger partial charge in [0, 0.05) is 18.6 Å². The van der Waals surface area contributed by atoms with E-state index in [0.717, 1.165) is 5.69 Å². The predicted molar refractivity (Wildman–Crippen MR) is 68.7 cm³/mol.